The zero-order valence-electron chi connectivity index (χ0n) is 13.3. The van der Waals surface area contributed by atoms with Gasteiger partial charge in [-0.05, 0) is 37.1 Å². The van der Waals surface area contributed by atoms with Crippen LogP contribution in [0.15, 0.2) is 24.4 Å². The van der Waals surface area contributed by atoms with Gasteiger partial charge in [0.2, 0.25) is 0 Å². The molecule has 0 unspecified atom stereocenters. The van der Waals surface area contributed by atoms with Crippen LogP contribution in [0.25, 0.3) is 0 Å². The molecule has 0 saturated carbocycles. The van der Waals surface area contributed by atoms with Gasteiger partial charge < -0.3 is 10.1 Å². The summed E-state index contributed by atoms with van der Waals surface area (Å²) >= 11 is 1.75. The van der Waals surface area contributed by atoms with E-state index in [1.54, 1.807) is 11.3 Å². The third-order valence-electron chi connectivity index (χ3n) is 3.32. The van der Waals surface area contributed by atoms with Crippen LogP contribution in [0.3, 0.4) is 0 Å². The largest absolute Gasteiger partial charge is 0.493 e. The van der Waals surface area contributed by atoms with Gasteiger partial charge in [0.1, 0.15) is 5.75 Å². The standard InChI is InChI=1S/C17H24N2OS/c1-12(2)15-6-5-13(3)9-16(15)20-8-7-17-19-11-14(21-17)10-18-4/h5-6,9,11-12,18H,7-8,10H2,1-4H3. The molecule has 0 saturated heterocycles. The summed E-state index contributed by atoms with van der Waals surface area (Å²) in [6.07, 6.45) is 2.81. The Morgan fingerprint density at radius 3 is 2.86 bits per heavy atom. The molecule has 1 aromatic carbocycles. The van der Waals surface area contributed by atoms with Crippen molar-refractivity contribution in [2.75, 3.05) is 13.7 Å². The highest BCUT2D eigenvalue weighted by molar-refractivity contribution is 7.11. The molecule has 2 aromatic rings. The van der Waals surface area contributed by atoms with E-state index >= 15 is 0 Å². The smallest absolute Gasteiger partial charge is 0.123 e. The van der Waals surface area contributed by atoms with Gasteiger partial charge in [-0.2, -0.15) is 0 Å². The number of hydrogen-bond acceptors (Lipinski definition) is 4. The van der Waals surface area contributed by atoms with E-state index < -0.39 is 0 Å². The van der Waals surface area contributed by atoms with Crippen LogP contribution >= 0.6 is 11.3 Å². The van der Waals surface area contributed by atoms with E-state index in [0.29, 0.717) is 12.5 Å². The summed E-state index contributed by atoms with van der Waals surface area (Å²) in [5.41, 5.74) is 2.51. The molecule has 1 N–H and O–H groups in total. The van der Waals surface area contributed by atoms with Crippen molar-refractivity contribution in [2.45, 2.75) is 39.7 Å². The lowest BCUT2D eigenvalue weighted by molar-refractivity contribution is 0.317. The van der Waals surface area contributed by atoms with Crippen LogP contribution < -0.4 is 10.1 Å². The van der Waals surface area contributed by atoms with Gasteiger partial charge >= 0.3 is 0 Å². The topological polar surface area (TPSA) is 34.2 Å². The van der Waals surface area contributed by atoms with Gasteiger partial charge in [0.15, 0.2) is 0 Å². The Labute approximate surface area is 131 Å². The van der Waals surface area contributed by atoms with Crippen LogP contribution in [0.4, 0.5) is 0 Å². The van der Waals surface area contributed by atoms with E-state index in [1.807, 2.05) is 13.2 Å². The van der Waals surface area contributed by atoms with Gasteiger partial charge in [-0.15, -0.1) is 11.3 Å². The lowest BCUT2D eigenvalue weighted by Crippen LogP contribution is -2.04. The summed E-state index contributed by atoms with van der Waals surface area (Å²) in [5, 5.41) is 4.28. The lowest BCUT2D eigenvalue weighted by Gasteiger charge is -2.14. The first kappa shape index (κ1) is 16.0. The lowest BCUT2D eigenvalue weighted by atomic mass is 10.0. The van der Waals surface area contributed by atoms with Crippen LogP contribution in [0.2, 0.25) is 0 Å². The molecule has 0 aliphatic carbocycles. The summed E-state index contributed by atoms with van der Waals surface area (Å²) in [6.45, 7) is 8.05. The van der Waals surface area contributed by atoms with Gasteiger partial charge in [-0.3, -0.25) is 0 Å². The van der Waals surface area contributed by atoms with E-state index in [4.69, 9.17) is 4.74 Å². The maximum atomic E-state index is 6.00. The third kappa shape index (κ3) is 4.55. The van der Waals surface area contributed by atoms with Crippen molar-refractivity contribution in [3.05, 3.63) is 45.4 Å². The molecule has 4 heteroatoms. The molecule has 0 spiro atoms. The highest BCUT2D eigenvalue weighted by Crippen LogP contribution is 2.27. The molecule has 0 aliphatic rings. The fraction of sp³-hybridized carbons (Fsp3) is 0.471. The molecule has 21 heavy (non-hydrogen) atoms. The molecule has 2 rings (SSSR count). The second kappa shape index (κ2) is 7.57. The first-order valence-corrected chi connectivity index (χ1v) is 8.23. The molecular formula is C17H24N2OS. The second-order valence-electron chi connectivity index (χ2n) is 5.55. The fourth-order valence-electron chi connectivity index (χ4n) is 2.21. The number of nitrogens with one attached hydrogen (secondary N) is 1. The van der Waals surface area contributed by atoms with Crippen molar-refractivity contribution in [1.82, 2.24) is 10.3 Å². The summed E-state index contributed by atoms with van der Waals surface area (Å²) < 4.78 is 6.00. The van der Waals surface area contributed by atoms with Gasteiger partial charge in [0, 0.05) is 24.0 Å². The first-order valence-electron chi connectivity index (χ1n) is 7.41. The zero-order chi connectivity index (χ0) is 15.2. The number of ether oxygens (including phenoxy) is 1. The average Bonchev–Trinajstić information content (AvgIpc) is 2.86. The van der Waals surface area contributed by atoms with Crippen molar-refractivity contribution in [3.63, 3.8) is 0 Å². The Balaban J connectivity index is 1.94. The molecule has 1 aromatic heterocycles. The van der Waals surface area contributed by atoms with Crippen LogP contribution in [-0.2, 0) is 13.0 Å². The number of benzene rings is 1. The first-order chi connectivity index (χ1) is 10.1. The van der Waals surface area contributed by atoms with Crippen molar-refractivity contribution >= 4 is 11.3 Å². The second-order valence-corrected chi connectivity index (χ2v) is 6.74. The number of nitrogens with zero attached hydrogens (tertiary/aromatic N) is 1. The maximum Gasteiger partial charge on any atom is 0.123 e. The summed E-state index contributed by atoms with van der Waals surface area (Å²) in [4.78, 5) is 5.71. The normalized spacial score (nSPS) is 11.1. The van der Waals surface area contributed by atoms with Crippen molar-refractivity contribution in [1.29, 1.82) is 0 Å². The Morgan fingerprint density at radius 1 is 1.33 bits per heavy atom. The number of aromatic nitrogens is 1. The molecule has 0 bridgehead atoms. The third-order valence-corrected chi connectivity index (χ3v) is 4.37. The number of rotatable bonds is 7. The number of thiazole rings is 1. The van der Waals surface area contributed by atoms with Gasteiger partial charge in [0.05, 0.1) is 11.6 Å². The van der Waals surface area contributed by atoms with Gasteiger partial charge in [-0.25, -0.2) is 4.98 Å². The summed E-state index contributed by atoms with van der Waals surface area (Å²) in [7, 11) is 1.95. The van der Waals surface area contributed by atoms with Crippen LogP contribution in [-0.4, -0.2) is 18.6 Å². The Morgan fingerprint density at radius 2 is 2.14 bits per heavy atom. The van der Waals surface area contributed by atoms with Crippen LogP contribution in [0.1, 0.15) is 40.8 Å². The monoisotopic (exact) mass is 304 g/mol. The molecule has 0 aliphatic heterocycles. The van der Waals surface area contributed by atoms with Gasteiger partial charge in [0.25, 0.3) is 0 Å². The fourth-order valence-corrected chi connectivity index (χ4v) is 3.13. The molecular weight excluding hydrogens is 280 g/mol. The molecule has 1 heterocycles. The highest BCUT2D eigenvalue weighted by atomic mass is 32.1. The minimum Gasteiger partial charge on any atom is -0.493 e. The predicted molar refractivity (Wildman–Crippen MR) is 89.3 cm³/mol. The van der Waals surface area contributed by atoms with E-state index in [9.17, 15) is 0 Å². The summed E-state index contributed by atoms with van der Waals surface area (Å²) in [6, 6.07) is 6.44. The Kier molecular flexibility index (Phi) is 5.76. The van der Waals surface area contributed by atoms with E-state index in [0.717, 1.165) is 23.7 Å². The Bertz CT molecular complexity index is 578. The number of hydrogen-bond donors (Lipinski definition) is 1. The molecule has 0 fully saturated rings. The average molecular weight is 304 g/mol. The van der Waals surface area contributed by atoms with Crippen molar-refractivity contribution < 1.29 is 4.74 Å². The zero-order valence-corrected chi connectivity index (χ0v) is 14.1. The molecule has 3 nitrogen and oxygen atoms in total. The molecule has 114 valence electrons. The quantitative estimate of drug-likeness (QED) is 0.842. The molecule has 0 amide bonds. The van der Waals surface area contributed by atoms with Crippen molar-refractivity contribution in [3.8, 4) is 5.75 Å². The SMILES string of the molecule is CNCc1cnc(CCOc2cc(C)ccc2C(C)C)s1. The Hall–Kier alpha value is -1.39. The highest BCUT2D eigenvalue weighted by Gasteiger charge is 2.09. The van der Waals surface area contributed by atoms with E-state index in [2.05, 4.69) is 49.3 Å². The molecule has 0 radical (unpaired) electrons. The summed E-state index contributed by atoms with van der Waals surface area (Å²) in [5.74, 6) is 1.49. The van der Waals surface area contributed by atoms with Gasteiger partial charge in [-0.1, -0.05) is 26.0 Å². The van der Waals surface area contributed by atoms with E-state index in [1.165, 1.54) is 16.0 Å². The van der Waals surface area contributed by atoms with Crippen LogP contribution in [0, 0.1) is 6.92 Å². The van der Waals surface area contributed by atoms with E-state index in [-0.39, 0.29) is 0 Å². The maximum absolute atomic E-state index is 6.00. The predicted octanol–water partition coefficient (Wildman–Crippen LogP) is 3.92. The van der Waals surface area contributed by atoms with Crippen molar-refractivity contribution in [2.24, 2.45) is 0 Å². The number of aryl methyl sites for hydroxylation is 1. The molecule has 0 atom stereocenters. The minimum atomic E-state index is 0.475. The minimum absolute atomic E-state index is 0.475. The van der Waals surface area contributed by atoms with Crippen LogP contribution in [0.5, 0.6) is 5.75 Å².